The second-order valence-electron chi connectivity index (χ2n) is 4.87. The molecule has 16 heavy (non-hydrogen) atoms. The van der Waals surface area contributed by atoms with Crippen LogP contribution in [-0.4, -0.2) is 11.6 Å². The average molecular weight is 220 g/mol. The van der Waals surface area contributed by atoms with Crippen molar-refractivity contribution in [3.63, 3.8) is 0 Å². The Kier molecular flexibility index (Phi) is 3.15. The Morgan fingerprint density at radius 1 is 1.44 bits per heavy atom. The van der Waals surface area contributed by atoms with Crippen LogP contribution in [0, 0.1) is 0 Å². The van der Waals surface area contributed by atoms with E-state index in [2.05, 4.69) is 25.2 Å². The Bertz CT molecular complexity index is 430. The molecule has 1 aliphatic rings. The lowest BCUT2D eigenvalue weighted by atomic mass is 10.1. The van der Waals surface area contributed by atoms with Gasteiger partial charge in [-0.3, -0.25) is 4.79 Å². The fraction of sp³-hybridized carbons (Fsp3) is 0.615. The highest BCUT2D eigenvalue weighted by molar-refractivity contribution is 5.20. The first kappa shape index (κ1) is 11.4. The summed E-state index contributed by atoms with van der Waals surface area (Å²) in [6.07, 6.45) is 2.31. The number of nitrogens with one attached hydrogen (secondary N) is 1. The zero-order chi connectivity index (χ0) is 11.7. The Balaban J connectivity index is 2.49. The molecular weight excluding hydrogens is 200 g/mol. The van der Waals surface area contributed by atoms with Crippen LogP contribution in [0.2, 0.25) is 0 Å². The molecule has 3 heteroatoms. The van der Waals surface area contributed by atoms with Crippen molar-refractivity contribution in [1.29, 1.82) is 0 Å². The van der Waals surface area contributed by atoms with E-state index in [-0.39, 0.29) is 5.56 Å². The monoisotopic (exact) mass is 220 g/mol. The van der Waals surface area contributed by atoms with Gasteiger partial charge in [0.1, 0.15) is 0 Å². The van der Waals surface area contributed by atoms with Gasteiger partial charge >= 0.3 is 0 Å². The standard InChI is InChI=1S/C13H20N2O/c1-9(2)12-7-4-10(8-14-3)13(16)15(12)11-5-6-11/h4,7,9,11,14H,5-6,8H2,1-3H3. The van der Waals surface area contributed by atoms with Gasteiger partial charge in [-0.1, -0.05) is 19.9 Å². The Hall–Kier alpha value is -1.09. The second-order valence-corrected chi connectivity index (χ2v) is 4.87. The van der Waals surface area contributed by atoms with Crippen molar-refractivity contribution in [3.05, 3.63) is 33.7 Å². The van der Waals surface area contributed by atoms with Gasteiger partial charge in [-0.05, 0) is 31.9 Å². The highest BCUT2D eigenvalue weighted by atomic mass is 16.1. The predicted octanol–water partition coefficient (Wildman–Crippen LogP) is 2.03. The summed E-state index contributed by atoms with van der Waals surface area (Å²) in [5.41, 5.74) is 2.24. The summed E-state index contributed by atoms with van der Waals surface area (Å²) in [5.74, 6) is 0.414. The molecule has 1 saturated carbocycles. The van der Waals surface area contributed by atoms with E-state index in [9.17, 15) is 4.79 Å². The minimum absolute atomic E-state index is 0.197. The summed E-state index contributed by atoms with van der Waals surface area (Å²) in [5, 5.41) is 3.05. The lowest BCUT2D eigenvalue weighted by Crippen LogP contribution is -2.28. The Labute approximate surface area is 96.5 Å². The zero-order valence-corrected chi connectivity index (χ0v) is 10.3. The maximum absolute atomic E-state index is 12.3. The molecule has 0 spiro atoms. The molecule has 0 aromatic carbocycles. The van der Waals surface area contributed by atoms with Gasteiger partial charge < -0.3 is 9.88 Å². The Morgan fingerprint density at radius 2 is 2.12 bits per heavy atom. The number of hydrogen-bond donors (Lipinski definition) is 1. The number of pyridine rings is 1. The lowest BCUT2D eigenvalue weighted by Gasteiger charge is -2.16. The van der Waals surface area contributed by atoms with E-state index in [1.807, 2.05) is 17.7 Å². The van der Waals surface area contributed by atoms with Crippen LogP contribution in [-0.2, 0) is 6.54 Å². The van der Waals surface area contributed by atoms with Crippen molar-refractivity contribution in [3.8, 4) is 0 Å². The van der Waals surface area contributed by atoms with E-state index < -0.39 is 0 Å². The maximum Gasteiger partial charge on any atom is 0.255 e. The first-order valence-corrected chi connectivity index (χ1v) is 6.04. The molecule has 2 rings (SSSR count). The summed E-state index contributed by atoms with van der Waals surface area (Å²) in [6, 6.07) is 4.53. The second kappa shape index (κ2) is 4.42. The van der Waals surface area contributed by atoms with Crippen LogP contribution >= 0.6 is 0 Å². The molecule has 1 aliphatic carbocycles. The first-order valence-electron chi connectivity index (χ1n) is 6.04. The first-order chi connectivity index (χ1) is 7.65. The zero-order valence-electron chi connectivity index (χ0n) is 10.3. The summed E-state index contributed by atoms with van der Waals surface area (Å²) in [4.78, 5) is 12.3. The number of rotatable bonds is 4. The van der Waals surface area contributed by atoms with Gasteiger partial charge in [0.2, 0.25) is 0 Å². The largest absolute Gasteiger partial charge is 0.315 e. The van der Waals surface area contributed by atoms with E-state index in [0.717, 1.165) is 18.4 Å². The quantitative estimate of drug-likeness (QED) is 0.842. The number of aromatic nitrogens is 1. The average Bonchev–Trinajstić information content (AvgIpc) is 3.04. The maximum atomic E-state index is 12.3. The predicted molar refractivity (Wildman–Crippen MR) is 65.8 cm³/mol. The fourth-order valence-corrected chi connectivity index (χ4v) is 2.11. The molecule has 0 saturated heterocycles. The van der Waals surface area contributed by atoms with E-state index in [1.165, 1.54) is 5.69 Å². The van der Waals surface area contributed by atoms with E-state index in [4.69, 9.17) is 0 Å². The van der Waals surface area contributed by atoms with E-state index in [1.54, 1.807) is 0 Å². The van der Waals surface area contributed by atoms with Crippen LogP contribution in [0.1, 0.15) is 49.9 Å². The van der Waals surface area contributed by atoms with Gasteiger partial charge in [0.05, 0.1) is 0 Å². The molecule has 0 amide bonds. The van der Waals surface area contributed by atoms with Crippen LogP contribution in [0.5, 0.6) is 0 Å². The summed E-state index contributed by atoms with van der Waals surface area (Å²) in [7, 11) is 1.87. The van der Waals surface area contributed by atoms with Crippen LogP contribution in [0.4, 0.5) is 0 Å². The third-order valence-corrected chi connectivity index (χ3v) is 3.10. The van der Waals surface area contributed by atoms with Crippen molar-refractivity contribution < 1.29 is 0 Å². The number of hydrogen-bond acceptors (Lipinski definition) is 2. The fourth-order valence-electron chi connectivity index (χ4n) is 2.11. The van der Waals surface area contributed by atoms with Crippen molar-refractivity contribution in [1.82, 2.24) is 9.88 Å². The van der Waals surface area contributed by atoms with Gasteiger partial charge in [-0.25, -0.2) is 0 Å². The summed E-state index contributed by atoms with van der Waals surface area (Å²) < 4.78 is 2.01. The van der Waals surface area contributed by atoms with Gasteiger partial charge in [-0.15, -0.1) is 0 Å². The molecule has 0 aliphatic heterocycles. The van der Waals surface area contributed by atoms with Crippen molar-refractivity contribution in [2.45, 2.75) is 45.2 Å². The van der Waals surface area contributed by atoms with E-state index >= 15 is 0 Å². The molecule has 1 fully saturated rings. The minimum Gasteiger partial charge on any atom is -0.315 e. The van der Waals surface area contributed by atoms with Gasteiger partial charge in [0.25, 0.3) is 5.56 Å². The van der Waals surface area contributed by atoms with Crippen molar-refractivity contribution in [2.75, 3.05) is 7.05 Å². The van der Waals surface area contributed by atoms with Crippen LogP contribution < -0.4 is 10.9 Å². The summed E-state index contributed by atoms with van der Waals surface area (Å²) in [6.45, 7) is 4.95. The van der Waals surface area contributed by atoms with Gasteiger partial charge in [0, 0.05) is 23.8 Å². The third-order valence-electron chi connectivity index (χ3n) is 3.10. The van der Waals surface area contributed by atoms with Crippen molar-refractivity contribution in [2.24, 2.45) is 0 Å². The molecule has 1 aromatic heterocycles. The van der Waals surface area contributed by atoms with E-state index in [0.29, 0.717) is 18.5 Å². The molecule has 1 heterocycles. The van der Waals surface area contributed by atoms with Crippen molar-refractivity contribution >= 4 is 0 Å². The molecule has 0 bridgehead atoms. The van der Waals surface area contributed by atoms with Crippen LogP contribution in [0.15, 0.2) is 16.9 Å². The molecular formula is C13H20N2O. The highest BCUT2D eigenvalue weighted by Gasteiger charge is 2.27. The minimum atomic E-state index is 0.197. The molecule has 88 valence electrons. The molecule has 0 unspecified atom stereocenters. The normalized spacial score (nSPS) is 15.8. The molecule has 1 N–H and O–H groups in total. The topological polar surface area (TPSA) is 34.0 Å². The Morgan fingerprint density at radius 3 is 2.62 bits per heavy atom. The lowest BCUT2D eigenvalue weighted by molar-refractivity contribution is 0.614. The molecule has 0 radical (unpaired) electrons. The SMILES string of the molecule is CNCc1ccc(C(C)C)n(C2CC2)c1=O. The van der Waals surface area contributed by atoms with Crippen LogP contribution in [0.25, 0.3) is 0 Å². The molecule has 0 atom stereocenters. The molecule has 3 nitrogen and oxygen atoms in total. The smallest absolute Gasteiger partial charge is 0.255 e. The highest BCUT2D eigenvalue weighted by Crippen LogP contribution is 2.36. The van der Waals surface area contributed by atoms with Crippen LogP contribution in [0.3, 0.4) is 0 Å². The van der Waals surface area contributed by atoms with Gasteiger partial charge in [0.15, 0.2) is 0 Å². The molecule has 1 aromatic rings. The third kappa shape index (κ3) is 2.05. The number of nitrogens with zero attached hydrogens (tertiary/aromatic N) is 1. The van der Waals surface area contributed by atoms with Gasteiger partial charge in [-0.2, -0.15) is 0 Å². The summed E-state index contributed by atoms with van der Waals surface area (Å²) >= 11 is 0.